The number of ether oxygens (including phenoxy) is 1. The Balaban J connectivity index is 1.91. The number of carbonyl (C=O) groups is 2. The van der Waals surface area contributed by atoms with Crippen molar-refractivity contribution in [3.05, 3.63) is 11.9 Å². The fourth-order valence-corrected chi connectivity index (χ4v) is 2.43. The van der Waals surface area contributed by atoms with Crippen LogP contribution < -0.4 is 0 Å². The molecule has 1 atom stereocenters. The summed E-state index contributed by atoms with van der Waals surface area (Å²) >= 11 is 0. The summed E-state index contributed by atoms with van der Waals surface area (Å²) < 4.78 is 7.06. The van der Waals surface area contributed by atoms with E-state index in [1.165, 1.54) is 0 Å². The first kappa shape index (κ1) is 15.5. The highest BCUT2D eigenvalue weighted by molar-refractivity contribution is 5.70. The Morgan fingerprint density at radius 1 is 1.52 bits per heavy atom. The summed E-state index contributed by atoms with van der Waals surface area (Å²) in [6.45, 7) is 7.61. The molecule has 0 spiro atoms. The first-order valence-corrected chi connectivity index (χ1v) is 7.20. The highest BCUT2D eigenvalue weighted by Gasteiger charge is 2.27. The van der Waals surface area contributed by atoms with Gasteiger partial charge in [0, 0.05) is 19.6 Å². The average molecular weight is 294 g/mol. The third-order valence-corrected chi connectivity index (χ3v) is 3.29. The number of hydrogen-bond donors (Lipinski definition) is 0. The number of aldehydes is 1. The van der Waals surface area contributed by atoms with Gasteiger partial charge in [-0.25, -0.2) is 4.79 Å². The molecule has 1 aromatic heterocycles. The van der Waals surface area contributed by atoms with E-state index in [1.807, 2.05) is 20.8 Å². The smallest absolute Gasteiger partial charge is 0.410 e. The van der Waals surface area contributed by atoms with Crippen LogP contribution in [0.3, 0.4) is 0 Å². The van der Waals surface area contributed by atoms with Gasteiger partial charge >= 0.3 is 6.09 Å². The Morgan fingerprint density at radius 2 is 2.29 bits per heavy atom. The first-order valence-electron chi connectivity index (χ1n) is 7.20. The van der Waals surface area contributed by atoms with E-state index in [-0.39, 0.29) is 6.09 Å². The Morgan fingerprint density at radius 3 is 2.90 bits per heavy atom. The lowest BCUT2D eigenvalue weighted by Gasteiger charge is -2.34. The number of nitrogens with zero attached hydrogens (tertiary/aromatic N) is 4. The van der Waals surface area contributed by atoms with Gasteiger partial charge in [-0.15, -0.1) is 5.10 Å². The topological polar surface area (TPSA) is 77.3 Å². The third-order valence-electron chi connectivity index (χ3n) is 3.29. The van der Waals surface area contributed by atoms with Crippen molar-refractivity contribution in [3.8, 4) is 0 Å². The Bertz CT molecular complexity index is 507. The van der Waals surface area contributed by atoms with Crippen molar-refractivity contribution in [2.45, 2.75) is 45.8 Å². The molecule has 0 radical (unpaired) electrons. The van der Waals surface area contributed by atoms with Gasteiger partial charge in [-0.3, -0.25) is 9.48 Å². The fraction of sp³-hybridized carbons (Fsp3) is 0.714. The number of aromatic nitrogens is 3. The molecule has 116 valence electrons. The second-order valence-corrected chi connectivity index (χ2v) is 6.42. The van der Waals surface area contributed by atoms with Crippen molar-refractivity contribution >= 4 is 12.4 Å². The molecule has 1 saturated heterocycles. The molecule has 7 heteroatoms. The van der Waals surface area contributed by atoms with E-state index in [2.05, 4.69) is 10.3 Å². The summed E-state index contributed by atoms with van der Waals surface area (Å²) in [4.78, 5) is 24.4. The summed E-state index contributed by atoms with van der Waals surface area (Å²) in [7, 11) is 0. The minimum absolute atomic E-state index is 0.264. The molecular weight excluding hydrogens is 272 g/mol. The molecule has 0 saturated carbocycles. The highest BCUT2D eigenvalue weighted by atomic mass is 16.6. The molecule has 2 rings (SSSR count). The molecule has 1 amide bonds. The number of hydrogen-bond acceptors (Lipinski definition) is 5. The quantitative estimate of drug-likeness (QED) is 0.793. The molecular formula is C14H22N4O3. The van der Waals surface area contributed by atoms with Crippen LogP contribution in [0.1, 0.15) is 44.1 Å². The first-order chi connectivity index (χ1) is 9.87. The van der Waals surface area contributed by atoms with Crippen LogP contribution >= 0.6 is 0 Å². The van der Waals surface area contributed by atoms with Crippen molar-refractivity contribution in [2.75, 3.05) is 13.1 Å². The van der Waals surface area contributed by atoms with E-state index >= 15 is 0 Å². The molecule has 1 fully saturated rings. The van der Waals surface area contributed by atoms with E-state index in [0.29, 0.717) is 31.0 Å². The minimum atomic E-state index is -0.477. The normalized spacial score (nSPS) is 19.4. The highest BCUT2D eigenvalue weighted by Crippen LogP contribution is 2.20. The van der Waals surface area contributed by atoms with E-state index < -0.39 is 5.60 Å². The lowest BCUT2D eigenvalue weighted by molar-refractivity contribution is 0.0155. The van der Waals surface area contributed by atoms with E-state index in [4.69, 9.17) is 4.74 Å². The largest absolute Gasteiger partial charge is 0.444 e. The second-order valence-electron chi connectivity index (χ2n) is 6.42. The predicted molar refractivity (Wildman–Crippen MR) is 75.9 cm³/mol. The van der Waals surface area contributed by atoms with Crippen LogP contribution in [-0.4, -0.2) is 51.0 Å². The maximum Gasteiger partial charge on any atom is 0.410 e. The molecule has 21 heavy (non-hydrogen) atoms. The lowest BCUT2D eigenvalue weighted by atomic mass is 9.98. The number of carbonyl (C=O) groups excluding carboxylic acids is 2. The van der Waals surface area contributed by atoms with Crippen LogP contribution in [0.2, 0.25) is 0 Å². The Labute approximate surface area is 124 Å². The number of rotatable bonds is 3. The maximum atomic E-state index is 12.1. The van der Waals surface area contributed by atoms with Crippen LogP contribution in [0.25, 0.3) is 0 Å². The van der Waals surface area contributed by atoms with Crippen molar-refractivity contribution < 1.29 is 14.3 Å². The molecule has 7 nitrogen and oxygen atoms in total. The molecule has 1 aliphatic rings. The summed E-state index contributed by atoms with van der Waals surface area (Å²) in [5.41, 5.74) is -0.149. The molecule has 0 aromatic carbocycles. The number of likely N-dealkylation sites (tertiary alicyclic amines) is 1. The van der Waals surface area contributed by atoms with Crippen molar-refractivity contribution in [2.24, 2.45) is 5.92 Å². The van der Waals surface area contributed by atoms with Crippen LogP contribution in [0.5, 0.6) is 0 Å². The minimum Gasteiger partial charge on any atom is -0.444 e. The van der Waals surface area contributed by atoms with Gasteiger partial charge in [0.15, 0.2) is 6.29 Å². The molecule has 0 aliphatic carbocycles. The average Bonchev–Trinajstić information content (AvgIpc) is 2.85. The third kappa shape index (κ3) is 4.54. The zero-order valence-corrected chi connectivity index (χ0v) is 12.8. The van der Waals surface area contributed by atoms with Crippen LogP contribution in [-0.2, 0) is 11.3 Å². The molecule has 1 aromatic rings. The molecule has 0 N–H and O–H groups in total. The Hall–Kier alpha value is -1.92. The van der Waals surface area contributed by atoms with Gasteiger partial charge in [0.2, 0.25) is 0 Å². The predicted octanol–water partition coefficient (Wildman–Crippen LogP) is 1.74. The summed E-state index contributed by atoms with van der Waals surface area (Å²) in [6.07, 6.45) is 4.00. The fourth-order valence-electron chi connectivity index (χ4n) is 2.43. The van der Waals surface area contributed by atoms with E-state index in [1.54, 1.807) is 15.8 Å². The van der Waals surface area contributed by atoms with Gasteiger partial charge < -0.3 is 9.64 Å². The van der Waals surface area contributed by atoms with Gasteiger partial charge in [0.25, 0.3) is 0 Å². The van der Waals surface area contributed by atoms with Gasteiger partial charge in [-0.2, -0.15) is 0 Å². The Kier molecular flexibility index (Phi) is 4.59. The van der Waals surface area contributed by atoms with Crippen LogP contribution in [0.4, 0.5) is 4.79 Å². The molecule has 0 unspecified atom stereocenters. The van der Waals surface area contributed by atoms with Gasteiger partial charge in [0.05, 0.1) is 6.20 Å². The lowest BCUT2D eigenvalue weighted by Crippen LogP contribution is -2.43. The SMILES string of the molecule is CC(C)(C)OC(=O)N1CCC[C@@H](Cn2cc(C=O)nn2)C1. The van der Waals surface area contributed by atoms with Crippen molar-refractivity contribution in [3.63, 3.8) is 0 Å². The van der Waals surface area contributed by atoms with Gasteiger partial charge in [0.1, 0.15) is 11.3 Å². The maximum absolute atomic E-state index is 12.1. The van der Waals surface area contributed by atoms with E-state index in [0.717, 1.165) is 19.4 Å². The standard InChI is InChI=1S/C14H22N4O3/c1-14(2,3)21-13(20)17-6-4-5-11(7-17)8-18-9-12(10-19)15-16-18/h9-11H,4-8H2,1-3H3/t11-/m1/s1. The van der Waals surface area contributed by atoms with Crippen LogP contribution in [0.15, 0.2) is 6.20 Å². The van der Waals surface area contributed by atoms with Crippen molar-refractivity contribution in [1.82, 2.24) is 19.9 Å². The van der Waals surface area contributed by atoms with Crippen molar-refractivity contribution in [1.29, 1.82) is 0 Å². The zero-order valence-electron chi connectivity index (χ0n) is 12.8. The summed E-state index contributed by atoms with van der Waals surface area (Å²) in [6, 6.07) is 0. The molecule has 2 heterocycles. The number of amides is 1. The summed E-state index contributed by atoms with van der Waals surface area (Å²) in [5.74, 6) is 0.299. The monoisotopic (exact) mass is 294 g/mol. The van der Waals surface area contributed by atoms with E-state index in [9.17, 15) is 9.59 Å². The zero-order chi connectivity index (χ0) is 15.5. The van der Waals surface area contributed by atoms with Crippen LogP contribution in [0, 0.1) is 5.92 Å². The second kappa shape index (κ2) is 6.24. The summed E-state index contributed by atoms with van der Waals surface area (Å²) in [5, 5.41) is 7.65. The van der Waals surface area contributed by atoms with Gasteiger partial charge in [-0.1, -0.05) is 5.21 Å². The molecule has 1 aliphatic heterocycles. The number of piperidine rings is 1. The van der Waals surface area contributed by atoms with Gasteiger partial charge in [-0.05, 0) is 39.5 Å². The molecule has 0 bridgehead atoms.